The minimum Gasteiger partial charge on any atom is -0.350 e. The average molecular weight is 222 g/mol. The van der Waals surface area contributed by atoms with Gasteiger partial charge in [-0.25, -0.2) is 4.98 Å². The van der Waals surface area contributed by atoms with Crippen LogP contribution < -0.4 is 16.2 Å². The maximum absolute atomic E-state index is 11.6. The Morgan fingerprint density at radius 3 is 3.12 bits per heavy atom. The highest BCUT2D eigenvalue weighted by atomic mass is 16.2. The number of hydrogen-bond acceptors (Lipinski definition) is 4. The largest absolute Gasteiger partial charge is 0.350 e. The minimum atomic E-state index is -0.309. The second kappa shape index (κ2) is 4.89. The molecule has 0 saturated carbocycles. The lowest BCUT2D eigenvalue weighted by molar-refractivity contribution is 0.0942. The van der Waals surface area contributed by atoms with E-state index < -0.39 is 0 Å². The van der Waals surface area contributed by atoms with Gasteiger partial charge in [0.2, 0.25) is 0 Å². The van der Waals surface area contributed by atoms with Crippen LogP contribution in [0.2, 0.25) is 0 Å². The maximum Gasteiger partial charge on any atom is 0.271 e. The fourth-order valence-electron chi connectivity index (χ4n) is 1.68. The molecule has 1 aliphatic rings. The van der Waals surface area contributed by atoms with E-state index in [2.05, 4.69) is 20.6 Å². The lowest BCUT2D eigenvalue weighted by Crippen LogP contribution is -2.31. The first kappa shape index (κ1) is 10.8. The Bertz CT molecular complexity index is 403. The summed E-state index contributed by atoms with van der Waals surface area (Å²) in [6.45, 7) is 2.60. The number of hydrogen-bond donors (Lipinski definition) is 3. The van der Waals surface area contributed by atoms with Gasteiger partial charge in [-0.15, -0.1) is 0 Å². The lowest BCUT2D eigenvalue weighted by atomic mass is 10.1. The predicted molar refractivity (Wildman–Crippen MR) is 58.2 cm³/mol. The van der Waals surface area contributed by atoms with Crippen LogP contribution in [0.3, 0.4) is 0 Å². The molecule has 16 heavy (non-hydrogen) atoms. The Balaban J connectivity index is 1.87. The van der Waals surface area contributed by atoms with Gasteiger partial charge in [-0.1, -0.05) is 0 Å². The zero-order chi connectivity index (χ0) is 11.4. The highest BCUT2D eigenvalue weighted by Crippen LogP contribution is 2.05. The highest BCUT2D eigenvalue weighted by molar-refractivity contribution is 5.91. The third-order valence-electron chi connectivity index (χ3n) is 2.62. The van der Waals surface area contributed by atoms with Crippen molar-refractivity contribution in [2.24, 2.45) is 5.92 Å². The molecule has 1 saturated heterocycles. The monoisotopic (exact) mass is 222 g/mol. The molecule has 6 nitrogen and oxygen atoms in total. The summed E-state index contributed by atoms with van der Waals surface area (Å²) >= 11 is 0. The van der Waals surface area contributed by atoms with E-state index in [1.165, 1.54) is 6.20 Å². The molecule has 2 rings (SSSR count). The summed E-state index contributed by atoms with van der Waals surface area (Å²) in [5.74, 6) is 0.245. The fourth-order valence-corrected chi connectivity index (χ4v) is 1.68. The fraction of sp³-hybridized carbons (Fsp3) is 0.500. The average Bonchev–Trinajstić information content (AvgIpc) is 2.80. The molecule has 1 aromatic heterocycles. The molecule has 1 aliphatic heterocycles. The standard InChI is InChI=1S/C10H14N4O2/c15-9-6-12-8(5-13-9)10(16)14-4-7-1-2-11-3-7/h5-7,11H,1-4H2,(H,13,15)(H,14,16). The zero-order valence-corrected chi connectivity index (χ0v) is 8.82. The van der Waals surface area contributed by atoms with Gasteiger partial charge in [0.1, 0.15) is 5.69 Å². The predicted octanol–water partition coefficient (Wildman–Crippen LogP) is -0.891. The number of aromatic amines is 1. The van der Waals surface area contributed by atoms with Crippen molar-refractivity contribution in [3.8, 4) is 0 Å². The van der Waals surface area contributed by atoms with Crippen LogP contribution >= 0.6 is 0 Å². The van der Waals surface area contributed by atoms with Crippen LogP contribution in [0.4, 0.5) is 0 Å². The molecule has 0 aromatic carbocycles. The van der Waals surface area contributed by atoms with E-state index in [1.807, 2.05) is 0 Å². The topological polar surface area (TPSA) is 86.9 Å². The number of nitrogens with one attached hydrogen (secondary N) is 3. The molecule has 1 atom stereocenters. The summed E-state index contributed by atoms with van der Waals surface area (Å²) in [7, 11) is 0. The van der Waals surface area contributed by atoms with Gasteiger partial charge in [-0.05, 0) is 25.4 Å². The number of carbonyl (C=O) groups is 1. The quantitative estimate of drug-likeness (QED) is 0.619. The summed E-state index contributed by atoms with van der Waals surface area (Å²) in [5.41, 5.74) is -0.0675. The van der Waals surface area contributed by atoms with Gasteiger partial charge in [0.05, 0.1) is 6.20 Å². The van der Waals surface area contributed by atoms with Crippen LogP contribution in [0.5, 0.6) is 0 Å². The summed E-state index contributed by atoms with van der Waals surface area (Å²) < 4.78 is 0. The molecule has 1 fully saturated rings. The summed E-state index contributed by atoms with van der Waals surface area (Å²) in [5, 5.41) is 6.03. The SMILES string of the molecule is O=C(NCC1CCNC1)c1c[nH]c(=O)cn1. The van der Waals surface area contributed by atoms with Crippen LogP contribution in [-0.4, -0.2) is 35.5 Å². The van der Waals surface area contributed by atoms with Crippen LogP contribution in [0.25, 0.3) is 0 Å². The van der Waals surface area contributed by atoms with Crippen molar-refractivity contribution in [2.75, 3.05) is 19.6 Å². The van der Waals surface area contributed by atoms with Gasteiger partial charge in [0.25, 0.3) is 11.5 Å². The van der Waals surface area contributed by atoms with Crippen molar-refractivity contribution in [3.05, 3.63) is 28.4 Å². The number of carbonyl (C=O) groups excluding carboxylic acids is 1. The van der Waals surface area contributed by atoms with Gasteiger partial charge >= 0.3 is 0 Å². The molecule has 0 aliphatic carbocycles. The van der Waals surface area contributed by atoms with E-state index in [0.29, 0.717) is 12.5 Å². The maximum atomic E-state index is 11.6. The van der Waals surface area contributed by atoms with E-state index in [-0.39, 0.29) is 17.2 Å². The first-order valence-electron chi connectivity index (χ1n) is 5.29. The van der Waals surface area contributed by atoms with Crippen LogP contribution in [0, 0.1) is 5.92 Å². The Kier molecular flexibility index (Phi) is 3.31. The van der Waals surface area contributed by atoms with Crippen LogP contribution in [-0.2, 0) is 0 Å². The second-order valence-electron chi connectivity index (χ2n) is 3.87. The van der Waals surface area contributed by atoms with Crippen molar-refractivity contribution in [1.82, 2.24) is 20.6 Å². The molecule has 2 heterocycles. The smallest absolute Gasteiger partial charge is 0.271 e. The zero-order valence-electron chi connectivity index (χ0n) is 8.82. The van der Waals surface area contributed by atoms with E-state index in [4.69, 9.17) is 0 Å². The molecule has 1 aromatic rings. The second-order valence-corrected chi connectivity index (χ2v) is 3.87. The molecule has 1 amide bonds. The number of nitrogens with zero attached hydrogens (tertiary/aromatic N) is 1. The number of amides is 1. The van der Waals surface area contributed by atoms with Gasteiger partial charge in [0.15, 0.2) is 0 Å². The molecule has 3 N–H and O–H groups in total. The first-order valence-corrected chi connectivity index (χ1v) is 5.29. The normalized spacial score (nSPS) is 19.6. The molecule has 86 valence electrons. The molecular weight excluding hydrogens is 208 g/mol. The first-order chi connectivity index (χ1) is 7.75. The third-order valence-corrected chi connectivity index (χ3v) is 2.62. The number of rotatable bonds is 3. The lowest BCUT2D eigenvalue weighted by Gasteiger charge is -2.09. The Morgan fingerprint density at radius 2 is 2.50 bits per heavy atom. The molecule has 6 heteroatoms. The van der Waals surface area contributed by atoms with E-state index >= 15 is 0 Å². The van der Waals surface area contributed by atoms with Crippen molar-refractivity contribution in [1.29, 1.82) is 0 Å². The summed E-state index contributed by atoms with van der Waals surface area (Å²) in [6.07, 6.45) is 3.51. The third kappa shape index (κ3) is 2.66. The van der Waals surface area contributed by atoms with Crippen LogP contribution in [0.1, 0.15) is 16.9 Å². The van der Waals surface area contributed by atoms with Gasteiger partial charge in [0, 0.05) is 12.7 Å². The van der Waals surface area contributed by atoms with Gasteiger partial charge in [-0.3, -0.25) is 9.59 Å². The molecule has 0 bridgehead atoms. The van der Waals surface area contributed by atoms with Gasteiger partial charge < -0.3 is 15.6 Å². The van der Waals surface area contributed by atoms with E-state index in [9.17, 15) is 9.59 Å². The van der Waals surface area contributed by atoms with Crippen molar-refractivity contribution in [3.63, 3.8) is 0 Å². The molecule has 0 spiro atoms. The molecule has 0 radical (unpaired) electrons. The molecule has 1 unspecified atom stereocenters. The summed E-state index contributed by atoms with van der Waals surface area (Å²) in [4.78, 5) is 28.5. The van der Waals surface area contributed by atoms with Crippen LogP contribution in [0.15, 0.2) is 17.2 Å². The Hall–Kier alpha value is -1.69. The van der Waals surface area contributed by atoms with Crippen molar-refractivity contribution >= 4 is 5.91 Å². The van der Waals surface area contributed by atoms with E-state index in [1.54, 1.807) is 0 Å². The molecular formula is C10H14N4O2. The van der Waals surface area contributed by atoms with Crippen molar-refractivity contribution in [2.45, 2.75) is 6.42 Å². The summed E-state index contributed by atoms with van der Waals surface area (Å²) in [6, 6.07) is 0. The van der Waals surface area contributed by atoms with Crippen molar-refractivity contribution < 1.29 is 4.79 Å². The Morgan fingerprint density at radius 1 is 1.62 bits per heavy atom. The number of H-pyrrole nitrogens is 1. The minimum absolute atomic E-state index is 0.241. The number of aromatic nitrogens is 2. The highest BCUT2D eigenvalue weighted by Gasteiger charge is 2.15. The van der Waals surface area contributed by atoms with Gasteiger partial charge in [-0.2, -0.15) is 0 Å². The van der Waals surface area contributed by atoms with E-state index in [0.717, 1.165) is 25.7 Å². The Labute approximate surface area is 92.5 Å².